The number of piperidine rings is 1. The molecule has 0 atom stereocenters. The molecule has 0 bridgehead atoms. The van der Waals surface area contributed by atoms with Gasteiger partial charge in [-0.2, -0.15) is 0 Å². The van der Waals surface area contributed by atoms with Crippen LogP contribution in [0.5, 0.6) is 0 Å². The number of anilines is 1. The van der Waals surface area contributed by atoms with Gasteiger partial charge in [0.2, 0.25) is 0 Å². The first-order valence-electron chi connectivity index (χ1n) is 7.85. The second-order valence-electron chi connectivity index (χ2n) is 5.74. The predicted molar refractivity (Wildman–Crippen MR) is 85.6 cm³/mol. The number of hydrogen-bond acceptors (Lipinski definition) is 4. The van der Waals surface area contributed by atoms with Crippen LogP contribution >= 0.6 is 0 Å². The maximum Gasteiger partial charge on any atom is 0.253 e. The van der Waals surface area contributed by atoms with E-state index in [1.165, 1.54) is 25.9 Å². The Hall–Kier alpha value is -1.62. The number of aromatic nitrogens is 1. The molecule has 21 heavy (non-hydrogen) atoms. The summed E-state index contributed by atoms with van der Waals surface area (Å²) in [6, 6.07) is 1.77. The van der Waals surface area contributed by atoms with Crippen LogP contribution in [0.4, 0.5) is 5.69 Å². The minimum absolute atomic E-state index is 0.0127. The molecule has 5 nitrogen and oxygen atoms in total. The second kappa shape index (κ2) is 7.98. The van der Waals surface area contributed by atoms with Crippen molar-refractivity contribution < 1.29 is 4.79 Å². The van der Waals surface area contributed by atoms with E-state index in [-0.39, 0.29) is 5.91 Å². The van der Waals surface area contributed by atoms with E-state index in [2.05, 4.69) is 27.6 Å². The topological polar surface area (TPSA) is 57.3 Å². The van der Waals surface area contributed by atoms with Crippen LogP contribution in [0.15, 0.2) is 18.5 Å². The van der Waals surface area contributed by atoms with Crippen LogP contribution in [0.1, 0.15) is 36.5 Å². The summed E-state index contributed by atoms with van der Waals surface area (Å²) in [5.41, 5.74) is 1.48. The van der Waals surface area contributed by atoms with Crippen LogP contribution in [-0.4, -0.2) is 49.0 Å². The second-order valence-corrected chi connectivity index (χ2v) is 5.74. The zero-order valence-electron chi connectivity index (χ0n) is 13.1. The first-order chi connectivity index (χ1) is 10.2. The third kappa shape index (κ3) is 4.70. The minimum Gasteiger partial charge on any atom is -0.383 e. The molecule has 1 aliphatic rings. The number of rotatable bonds is 6. The van der Waals surface area contributed by atoms with Crippen molar-refractivity contribution in [3.05, 3.63) is 24.0 Å². The highest BCUT2D eigenvalue weighted by molar-refractivity contribution is 5.99. The Labute approximate surface area is 127 Å². The lowest BCUT2D eigenvalue weighted by Gasteiger charge is -2.28. The number of pyridine rings is 1. The summed E-state index contributed by atoms with van der Waals surface area (Å²) in [5, 5.41) is 6.21. The molecule has 1 aromatic heterocycles. The van der Waals surface area contributed by atoms with Crippen molar-refractivity contribution in [2.75, 3.05) is 38.5 Å². The molecule has 0 spiro atoms. The summed E-state index contributed by atoms with van der Waals surface area (Å²) >= 11 is 0. The van der Waals surface area contributed by atoms with E-state index >= 15 is 0 Å². The van der Waals surface area contributed by atoms with Gasteiger partial charge in [-0.25, -0.2) is 0 Å². The fourth-order valence-corrected chi connectivity index (χ4v) is 2.76. The number of nitrogens with one attached hydrogen (secondary N) is 2. The Morgan fingerprint density at radius 1 is 1.43 bits per heavy atom. The van der Waals surface area contributed by atoms with E-state index in [4.69, 9.17) is 0 Å². The monoisotopic (exact) mass is 290 g/mol. The molecular weight excluding hydrogens is 264 g/mol. The number of carbonyl (C=O) groups excluding carboxylic acids is 1. The molecule has 0 saturated carbocycles. The van der Waals surface area contributed by atoms with Crippen LogP contribution in [0, 0.1) is 5.92 Å². The van der Waals surface area contributed by atoms with Crippen molar-refractivity contribution in [3.8, 4) is 0 Å². The summed E-state index contributed by atoms with van der Waals surface area (Å²) < 4.78 is 0. The van der Waals surface area contributed by atoms with Crippen molar-refractivity contribution in [1.29, 1.82) is 0 Å². The maximum atomic E-state index is 12.2. The Kier molecular flexibility index (Phi) is 5.99. The Balaban J connectivity index is 1.79. The fraction of sp³-hybridized carbons (Fsp3) is 0.625. The van der Waals surface area contributed by atoms with Gasteiger partial charge in [-0.3, -0.25) is 9.78 Å². The van der Waals surface area contributed by atoms with Gasteiger partial charge in [0.1, 0.15) is 0 Å². The normalized spacial score (nSPS) is 16.7. The van der Waals surface area contributed by atoms with Gasteiger partial charge in [0.25, 0.3) is 5.91 Å². The molecule has 2 heterocycles. The van der Waals surface area contributed by atoms with Crippen LogP contribution < -0.4 is 10.6 Å². The lowest BCUT2D eigenvalue weighted by Crippen LogP contribution is -2.32. The predicted octanol–water partition coefficient (Wildman–Crippen LogP) is 1.98. The molecule has 2 N–H and O–H groups in total. The number of carbonyl (C=O) groups is 1. The minimum atomic E-state index is -0.0127. The van der Waals surface area contributed by atoms with Crippen LogP contribution in [0.2, 0.25) is 0 Å². The lowest BCUT2D eigenvalue weighted by atomic mass is 9.94. The highest BCUT2D eigenvalue weighted by atomic mass is 16.1. The maximum absolute atomic E-state index is 12.2. The largest absolute Gasteiger partial charge is 0.383 e. The van der Waals surface area contributed by atoms with Crippen LogP contribution in [0.25, 0.3) is 0 Å². The molecule has 1 fully saturated rings. The van der Waals surface area contributed by atoms with Gasteiger partial charge in [0.05, 0.1) is 17.4 Å². The van der Waals surface area contributed by atoms with Crippen molar-refractivity contribution >= 4 is 11.6 Å². The lowest BCUT2D eigenvalue weighted by molar-refractivity contribution is 0.0949. The average Bonchev–Trinajstić information content (AvgIpc) is 2.50. The van der Waals surface area contributed by atoms with Gasteiger partial charge in [0, 0.05) is 19.3 Å². The van der Waals surface area contributed by atoms with E-state index in [1.807, 2.05) is 6.92 Å². The van der Waals surface area contributed by atoms with Gasteiger partial charge >= 0.3 is 0 Å². The molecule has 0 aliphatic carbocycles. The number of amides is 1. The zero-order chi connectivity index (χ0) is 15.1. The van der Waals surface area contributed by atoms with E-state index in [0.29, 0.717) is 5.56 Å². The summed E-state index contributed by atoms with van der Waals surface area (Å²) in [4.78, 5) is 18.7. The first kappa shape index (κ1) is 15.8. The molecule has 1 aliphatic heterocycles. The number of likely N-dealkylation sites (tertiary alicyclic amines) is 1. The first-order valence-corrected chi connectivity index (χ1v) is 7.85. The van der Waals surface area contributed by atoms with Crippen molar-refractivity contribution in [2.45, 2.75) is 26.2 Å². The number of hydrogen-bond donors (Lipinski definition) is 2. The highest BCUT2D eigenvalue weighted by Crippen LogP contribution is 2.19. The summed E-state index contributed by atoms with van der Waals surface area (Å²) in [6.45, 7) is 5.89. The summed E-state index contributed by atoms with van der Waals surface area (Å²) in [6.07, 6.45) is 6.91. The molecule has 5 heteroatoms. The summed E-state index contributed by atoms with van der Waals surface area (Å²) in [7, 11) is 2.17. The smallest absolute Gasteiger partial charge is 0.253 e. The van der Waals surface area contributed by atoms with Crippen LogP contribution in [-0.2, 0) is 0 Å². The van der Waals surface area contributed by atoms with Gasteiger partial charge in [-0.1, -0.05) is 0 Å². The molecular formula is C16H26N4O. The Bertz CT molecular complexity index is 455. The van der Waals surface area contributed by atoms with Crippen molar-refractivity contribution in [1.82, 2.24) is 15.2 Å². The molecule has 0 unspecified atom stereocenters. The molecule has 0 radical (unpaired) electrons. The fourth-order valence-electron chi connectivity index (χ4n) is 2.76. The van der Waals surface area contributed by atoms with E-state index in [1.54, 1.807) is 18.5 Å². The standard InChI is InChI=1S/C16H26N4O/c1-3-18-15-12-17-8-5-14(15)16(21)19-9-4-13-6-10-20(2)11-7-13/h5,8,12-13,18H,3-4,6-7,9-11H2,1-2H3,(H,19,21). The van der Waals surface area contributed by atoms with Crippen LogP contribution in [0.3, 0.4) is 0 Å². The van der Waals surface area contributed by atoms with Gasteiger partial charge in [-0.15, -0.1) is 0 Å². The molecule has 1 aromatic rings. The van der Waals surface area contributed by atoms with Gasteiger partial charge in [-0.05, 0) is 58.3 Å². The highest BCUT2D eigenvalue weighted by Gasteiger charge is 2.17. The number of nitrogens with zero attached hydrogens (tertiary/aromatic N) is 2. The summed E-state index contributed by atoms with van der Waals surface area (Å²) in [5.74, 6) is 0.730. The van der Waals surface area contributed by atoms with E-state index in [9.17, 15) is 4.79 Å². The molecule has 2 rings (SSSR count). The molecule has 1 saturated heterocycles. The van der Waals surface area contributed by atoms with E-state index in [0.717, 1.165) is 31.1 Å². The quantitative estimate of drug-likeness (QED) is 0.841. The van der Waals surface area contributed by atoms with Crippen molar-refractivity contribution in [2.24, 2.45) is 5.92 Å². The van der Waals surface area contributed by atoms with Crippen molar-refractivity contribution in [3.63, 3.8) is 0 Å². The average molecular weight is 290 g/mol. The third-order valence-electron chi connectivity index (χ3n) is 4.11. The van der Waals surface area contributed by atoms with Gasteiger partial charge in [0.15, 0.2) is 0 Å². The third-order valence-corrected chi connectivity index (χ3v) is 4.11. The zero-order valence-corrected chi connectivity index (χ0v) is 13.1. The van der Waals surface area contributed by atoms with E-state index < -0.39 is 0 Å². The molecule has 0 aromatic carbocycles. The molecule has 116 valence electrons. The Morgan fingerprint density at radius 2 is 2.19 bits per heavy atom. The molecule has 1 amide bonds. The SMILES string of the molecule is CCNc1cnccc1C(=O)NCCC1CCN(C)CC1. The van der Waals surface area contributed by atoms with Gasteiger partial charge < -0.3 is 15.5 Å². The Morgan fingerprint density at radius 3 is 2.90 bits per heavy atom.